The summed E-state index contributed by atoms with van der Waals surface area (Å²) >= 11 is 0. The fourth-order valence-electron chi connectivity index (χ4n) is 3.71. The second-order valence-corrected chi connectivity index (χ2v) is 9.03. The van der Waals surface area contributed by atoms with E-state index in [1.165, 1.54) is 0 Å². The van der Waals surface area contributed by atoms with Crippen LogP contribution >= 0.6 is 0 Å². The molecular weight excluding hydrogens is 572 g/mol. The molecule has 2 aromatic carbocycles. The first-order valence-electron chi connectivity index (χ1n) is 13.0. The second kappa shape index (κ2) is 15.9. The monoisotopic (exact) mass is 602 g/mol. The summed E-state index contributed by atoms with van der Waals surface area (Å²) in [7, 11) is 0. The number of morpholine rings is 1. The van der Waals surface area contributed by atoms with E-state index in [0.717, 1.165) is 45.8 Å². The highest BCUT2D eigenvalue weighted by Crippen LogP contribution is 2.31. The molecule has 4 amide bonds. The Hall–Kier alpha value is -4.94. The molecule has 0 radical (unpaired) electrons. The highest BCUT2D eigenvalue weighted by Gasteiger charge is 2.31. The zero-order valence-electron chi connectivity index (χ0n) is 22.9. The van der Waals surface area contributed by atoms with Gasteiger partial charge >= 0.3 is 18.2 Å². The molecule has 1 aliphatic heterocycles. The summed E-state index contributed by atoms with van der Waals surface area (Å²) in [6.45, 7) is 5.19. The van der Waals surface area contributed by atoms with Gasteiger partial charge in [0.15, 0.2) is 0 Å². The summed E-state index contributed by atoms with van der Waals surface area (Å²) in [6, 6.07) is 6.54. The third-order valence-corrected chi connectivity index (χ3v) is 5.70. The third kappa shape index (κ3) is 11.8. The van der Waals surface area contributed by atoms with Crippen molar-refractivity contribution in [3.05, 3.63) is 77.4 Å². The van der Waals surface area contributed by atoms with E-state index in [2.05, 4.69) is 54.1 Å². The van der Waals surface area contributed by atoms with Crippen LogP contribution in [-0.4, -0.2) is 66.3 Å². The number of carbonyl (C=O) groups excluding carboxylic acids is 2. The number of carbonyl (C=O) groups is 2. The number of primary amides is 2. The van der Waals surface area contributed by atoms with Crippen LogP contribution in [0.2, 0.25) is 0 Å². The van der Waals surface area contributed by atoms with Crippen molar-refractivity contribution in [2.24, 2.45) is 11.5 Å². The molecule has 1 saturated heterocycles. The van der Waals surface area contributed by atoms with Gasteiger partial charge in [0.1, 0.15) is 5.82 Å². The highest BCUT2D eigenvalue weighted by atomic mass is 19.4. The van der Waals surface area contributed by atoms with Gasteiger partial charge in [-0.25, -0.2) is 23.9 Å². The fourth-order valence-corrected chi connectivity index (χ4v) is 3.71. The molecule has 2 heterocycles. The van der Waals surface area contributed by atoms with E-state index in [9.17, 15) is 22.4 Å². The average Bonchev–Trinajstić information content (AvgIpc) is 2.96. The van der Waals surface area contributed by atoms with Crippen molar-refractivity contribution in [2.75, 3.05) is 55.3 Å². The number of ether oxygens (including phenoxy) is 1. The standard InChI is InChI=1S/C27H26F4N6O2.CH4N2O/c28-23-8-7-21(27(29,30)31)16-24(23)36-26(38)35-22-4-1-3-19(15-22)5-6-20-17-33-25(34-18-20)32-9-2-10-37-11-13-39-14-12-37;2-1(3)4/h1,3-4,7-8,15-18H,2,9-14H2,(H,32,33,34)(H2,35,36,38);(H4,2,3,4). The number of nitrogens with one attached hydrogen (secondary N) is 3. The molecule has 0 saturated carbocycles. The summed E-state index contributed by atoms with van der Waals surface area (Å²) in [5.74, 6) is 5.40. The smallest absolute Gasteiger partial charge is 0.379 e. The number of hydrogen-bond acceptors (Lipinski definition) is 7. The maximum Gasteiger partial charge on any atom is 0.416 e. The quantitative estimate of drug-likeness (QED) is 0.156. The Bertz CT molecular complexity index is 1430. The van der Waals surface area contributed by atoms with Gasteiger partial charge in [-0.1, -0.05) is 17.9 Å². The van der Waals surface area contributed by atoms with Gasteiger partial charge in [0, 0.05) is 43.3 Å². The number of hydrogen-bond donors (Lipinski definition) is 5. The Labute approximate surface area is 245 Å². The maximum absolute atomic E-state index is 13.9. The number of aromatic nitrogens is 2. The summed E-state index contributed by atoms with van der Waals surface area (Å²) in [5, 5.41) is 7.75. The van der Waals surface area contributed by atoms with Crippen molar-refractivity contribution in [2.45, 2.75) is 12.6 Å². The lowest BCUT2D eigenvalue weighted by atomic mass is 10.2. The summed E-state index contributed by atoms with van der Waals surface area (Å²) < 4.78 is 57.9. The van der Waals surface area contributed by atoms with E-state index in [-0.39, 0.29) is 0 Å². The molecule has 3 aromatic rings. The summed E-state index contributed by atoms with van der Waals surface area (Å²) in [5.41, 5.74) is 8.30. The predicted octanol–water partition coefficient (Wildman–Crippen LogP) is 3.84. The van der Waals surface area contributed by atoms with Gasteiger partial charge in [0.25, 0.3) is 0 Å². The number of nitrogens with two attached hydrogens (primary N) is 2. The lowest BCUT2D eigenvalue weighted by Gasteiger charge is -2.26. The molecule has 7 N–H and O–H groups in total. The summed E-state index contributed by atoms with van der Waals surface area (Å²) in [4.78, 5) is 32.2. The molecule has 0 bridgehead atoms. The first kappa shape index (κ1) is 32.6. The molecule has 4 rings (SSSR count). The minimum atomic E-state index is -4.67. The molecule has 1 fully saturated rings. The third-order valence-electron chi connectivity index (χ3n) is 5.70. The molecule has 11 nitrogen and oxygen atoms in total. The Morgan fingerprint density at radius 1 is 0.977 bits per heavy atom. The van der Waals surface area contributed by atoms with Crippen LogP contribution in [0.1, 0.15) is 23.1 Å². The van der Waals surface area contributed by atoms with Gasteiger partial charge in [-0.3, -0.25) is 4.90 Å². The number of alkyl halides is 3. The summed E-state index contributed by atoms with van der Waals surface area (Å²) in [6.07, 6.45) is -0.506. The number of benzene rings is 2. The van der Waals surface area contributed by atoms with Crippen molar-refractivity contribution in [3.8, 4) is 11.8 Å². The highest BCUT2D eigenvalue weighted by molar-refractivity contribution is 6.00. The molecular formula is C28H30F4N8O3. The molecule has 43 heavy (non-hydrogen) atoms. The van der Waals surface area contributed by atoms with Crippen LogP contribution in [0.3, 0.4) is 0 Å². The molecule has 1 aliphatic rings. The lowest BCUT2D eigenvalue weighted by molar-refractivity contribution is -0.137. The van der Waals surface area contributed by atoms with Crippen molar-refractivity contribution >= 4 is 29.4 Å². The second-order valence-electron chi connectivity index (χ2n) is 9.03. The van der Waals surface area contributed by atoms with Crippen molar-refractivity contribution < 1.29 is 31.9 Å². The molecule has 15 heteroatoms. The number of nitrogens with zero attached hydrogens (tertiary/aromatic N) is 3. The first-order valence-corrected chi connectivity index (χ1v) is 13.0. The van der Waals surface area contributed by atoms with E-state index in [0.29, 0.717) is 41.0 Å². The van der Waals surface area contributed by atoms with Crippen molar-refractivity contribution in [3.63, 3.8) is 0 Å². The van der Waals surface area contributed by atoms with Crippen LogP contribution in [0.4, 0.5) is 44.5 Å². The lowest BCUT2D eigenvalue weighted by Crippen LogP contribution is -2.37. The Balaban J connectivity index is 0.00000119. The van der Waals surface area contributed by atoms with E-state index < -0.39 is 35.3 Å². The molecule has 0 aliphatic carbocycles. The predicted molar refractivity (Wildman–Crippen MR) is 153 cm³/mol. The largest absolute Gasteiger partial charge is 0.416 e. The van der Waals surface area contributed by atoms with Crippen LogP contribution < -0.4 is 27.4 Å². The number of anilines is 3. The minimum absolute atomic E-state index is 0.319. The molecule has 0 spiro atoms. The van der Waals surface area contributed by atoms with E-state index in [1.807, 2.05) is 0 Å². The number of halogens is 4. The van der Waals surface area contributed by atoms with Gasteiger partial charge in [-0.05, 0) is 49.4 Å². The fraction of sp³-hybridized carbons (Fsp3) is 0.286. The first-order chi connectivity index (χ1) is 20.5. The molecule has 0 unspecified atom stereocenters. The van der Waals surface area contributed by atoms with E-state index in [1.54, 1.807) is 36.7 Å². The SMILES string of the molecule is NC(N)=O.O=C(Nc1cccc(C#Cc2cnc(NCCCN3CCOCC3)nc2)c1)Nc1cc(C(F)(F)F)ccc1F. The van der Waals surface area contributed by atoms with Crippen molar-refractivity contribution in [1.29, 1.82) is 0 Å². The number of amides is 4. The van der Waals surface area contributed by atoms with Crippen molar-refractivity contribution in [1.82, 2.24) is 14.9 Å². The van der Waals surface area contributed by atoms with E-state index in [4.69, 9.17) is 9.53 Å². The average molecular weight is 603 g/mol. The number of urea groups is 2. The van der Waals surface area contributed by atoms with E-state index >= 15 is 0 Å². The molecule has 228 valence electrons. The van der Waals surface area contributed by atoms with Gasteiger partial charge in [0.2, 0.25) is 5.95 Å². The van der Waals surface area contributed by atoms with Gasteiger partial charge in [0.05, 0.1) is 30.0 Å². The van der Waals surface area contributed by atoms with Gasteiger partial charge < -0.3 is 32.2 Å². The van der Waals surface area contributed by atoms with Crippen LogP contribution in [-0.2, 0) is 10.9 Å². The normalized spacial score (nSPS) is 13.0. The number of rotatable bonds is 7. The molecule has 1 aromatic heterocycles. The van der Waals surface area contributed by atoms with Gasteiger partial charge in [-0.2, -0.15) is 13.2 Å². The van der Waals surface area contributed by atoms with Crippen LogP contribution in [0, 0.1) is 17.7 Å². The maximum atomic E-state index is 13.9. The van der Waals surface area contributed by atoms with Crippen LogP contribution in [0.5, 0.6) is 0 Å². The Morgan fingerprint density at radius 2 is 1.65 bits per heavy atom. The van der Waals surface area contributed by atoms with Crippen LogP contribution in [0.25, 0.3) is 0 Å². The zero-order valence-corrected chi connectivity index (χ0v) is 22.9. The topological polar surface area (TPSA) is 161 Å². The Morgan fingerprint density at radius 3 is 2.33 bits per heavy atom. The Kier molecular flexibility index (Phi) is 12.0. The zero-order chi connectivity index (χ0) is 31.2. The minimum Gasteiger partial charge on any atom is -0.379 e. The van der Waals surface area contributed by atoms with Crippen LogP contribution in [0.15, 0.2) is 54.9 Å². The molecule has 0 atom stereocenters. The van der Waals surface area contributed by atoms with Gasteiger partial charge in [-0.15, -0.1) is 0 Å².